The van der Waals surface area contributed by atoms with Crippen LogP contribution in [0.25, 0.3) is 0 Å². The van der Waals surface area contributed by atoms with Gasteiger partial charge in [-0.1, -0.05) is 34.6 Å². The minimum Gasteiger partial charge on any atom is -0.317 e. The number of likely N-dealkylation sites (tertiary alicyclic amines) is 1. The van der Waals surface area contributed by atoms with Crippen molar-refractivity contribution in [2.24, 2.45) is 22.7 Å². The standard InChI is InChI=1S/C18H36N2/c1-17(2,3)15-8-10-20(13-15)12-14-11-18(4,5)9-7-16(14)19-6/h14-16,19H,7-13H2,1-6H3. The fourth-order valence-electron chi connectivity index (χ4n) is 4.34. The normalized spacial score (nSPS) is 35.4. The second kappa shape index (κ2) is 5.96. The second-order valence-corrected chi connectivity index (χ2v) is 9.17. The monoisotopic (exact) mass is 280 g/mol. The molecule has 0 aromatic carbocycles. The van der Waals surface area contributed by atoms with Gasteiger partial charge in [-0.15, -0.1) is 0 Å². The molecule has 2 heteroatoms. The summed E-state index contributed by atoms with van der Waals surface area (Å²) < 4.78 is 0. The summed E-state index contributed by atoms with van der Waals surface area (Å²) in [5, 5.41) is 3.58. The van der Waals surface area contributed by atoms with Gasteiger partial charge in [0.1, 0.15) is 0 Å². The van der Waals surface area contributed by atoms with Crippen LogP contribution in [0.1, 0.15) is 60.3 Å². The average molecular weight is 280 g/mol. The van der Waals surface area contributed by atoms with Gasteiger partial charge in [0.25, 0.3) is 0 Å². The van der Waals surface area contributed by atoms with Crippen LogP contribution < -0.4 is 5.32 Å². The molecule has 1 N–H and O–H groups in total. The molecule has 3 atom stereocenters. The van der Waals surface area contributed by atoms with Crippen molar-refractivity contribution in [1.29, 1.82) is 0 Å². The van der Waals surface area contributed by atoms with Crippen molar-refractivity contribution in [3.8, 4) is 0 Å². The molecule has 1 saturated heterocycles. The van der Waals surface area contributed by atoms with Crippen LogP contribution in [0.15, 0.2) is 0 Å². The molecule has 3 unspecified atom stereocenters. The van der Waals surface area contributed by atoms with Crippen LogP contribution >= 0.6 is 0 Å². The van der Waals surface area contributed by atoms with Crippen LogP contribution in [0.4, 0.5) is 0 Å². The number of hydrogen-bond acceptors (Lipinski definition) is 2. The first-order chi connectivity index (χ1) is 9.21. The molecular weight excluding hydrogens is 244 g/mol. The molecule has 0 aromatic heterocycles. The molecule has 0 radical (unpaired) electrons. The third kappa shape index (κ3) is 3.98. The van der Waals surface area contributed by atoms with E-state index in [9.17, 15) is 0 Å². The van der Waals surface area contributed by atoms with Crippen molar-refractivity contribution in [1.82, 2.24) is 10.2 Å². The highest BCUT2D eigenvalue weighted by molar-refractivity contribution is 4.92. The highest BCUT2D eigenvalue weighted by Gasteiger charge is 2.37. The van der Waals surface area contributed by atoms with Gasteiger partial charge >= 0.3 is 0 Å². The molecule has 2 rings (SSSR count). The van der Waals surface area contributed by atoms with E-state index in [2.05, 4.69) is 51.9 Å². The van der Waals surface area contributed by atoms with Crippen LogP contribution in [-0.4, -0.2) is 37.6 Å². The zero-order valence-corrected chi connectivity index (χ0v) is 14.6. The predicted octanol–water partition coefficient (Wildman–Crippen LogP) is 3.77. The summed E-state index contributed by atoms with van der Waals surface area (Å²) in [5.74, 6) is 1.72. The Bertz CT molecular complexity index is 316. The third-order valence-corrected chi connectivity index (χ3v) is 5.88. The van der Waals surface area contributed by atoms with Crippen LogP contribution in [0.2, 0.25) is 0 Å². The molecule has 118 valence electrons. The van der Waals surface area contributed by atoms with E-state index in [4.69, 9.17) is 0 Å². The molecule has 1 aliphatic carbocycles. The van der Waals surface area contributed by atoms with Gasteiger partial charge in [0, 0.05) is 19.1 Å². The average Bonchev–Trinajstić information content (AvgIpc) is 2.76. The van der Waals surface area contributed by atoms with E-state index in [-0.39, 0.29) is 0 Å². The topological polar surface area (TPSA) is 15.3 Å². The predicted molar refractivity (Wildman–Crippen MR) is 88.0 cm³/mol. The first-order valence-electron chi connectivity index (χ1n) is 8.61. The van der Waals surface area contributed by atoms with Gasteiger partial charge in [-0.05, 0) is 61.9 Å². The fraction of sp³-hybridized carbons (Fsp3) is 1.00. The summed E-state index contributed by atoms with van der Waals surface area (Å²) >= 11 is 0. The number of rotatable bonds is 3. The smallest absolute Gasteiger partial charge is 0.0105 e. The SMILES string of the molecule is CNC1CCC(C)(C)CC1CN1CCC(C(C)(C)C)C1. The zero-order chi connectivity index (χ0) is 15.0. The Morgan fingerprint density at radius 3 is 2.45 bits per heavy atom. The molecule has 1 aliphatic heterocycles. The first kappa shape index (κ1) is 16.3. The first-order valence-corrected chi connectivity index (χ1v) is 8.61. The van der Waals surface area contributed by atoms with Gasteiger partial charge in [-0.2, -0.15) is 0 Å². The van der Waals surface area contributed by atoms with Gasteiger partial charge in [-0.3, -0.25) is 0 Å². The van der Waals surface area contributed by atoms with Gasteiger partial charge in [0.05, 0.1) is 0 Å². The van der Waals surface area contributed by atoms with Crippen LogP contribution in [0.3, 0.4) is 0 Å². The second-order valence-electron chi connectivity index (χ2n) is 9.17. The Morgan fingerprint density at radius 1 is 1.20 bits per heavy atom. The zero-order valence-electron chi connectivity index (χ0n) is 14.6. The minimum atomic E-state index is 0.475. The van der Waals surface area contributed by atoms with E-state index < -0.39 is 0 Å². The van der Waals surface area contributed by atoms with Crippen molar-refractivity contribution in [3.05, 3.63) is 0 Å². The molecule has 2 aliphatic rings. The number of nitrogens with zero attached hydrogens (tertiary/aromatic N) is 1. The molecule has 2 nitrogen and oxygen atoms in total. The van der Waals surface area contributed by atoms with E-state index in [1.165, 1.54) is 45.3 Å². The Labute approximate surface area is 126 Å². The molecule has 0 bridgehead atoms. The lowest BCUT2D eigenvalue weighted by molar-refractivity contribution is 0.107. The Morgan fingerprint density at radius 2 is 1.90 bits per heavy atom. The molecule has 0 aromatic rings. The van der Waals surface area contributed by atoms with Crippen molar-refractivity contribution in [2.75, 3.05) is 26.7 Å². The quantitative estimate of drug-likeness (QED) is 0.846. The Hall–Kier alpha value is -0.0800. The van der Waals surface area contributed by atoms with Crippen molar-refractivity contribution in [3.63, 3.8) is 0 Å². The summed E-state index contributed by atoms with van der Waals surface area (Å²) in [6.45, 7) is 16.1. The maximum atomic E-state index is 3.58. The lowest BCUT2D eigenvalue weighted by atomic mass is 9.69. The van der Waals surface area contributed by atoms with Gasteiger partial charge in [0.15, 0.2) is 0 Å². The molecular formula is C18H36N2. The largest absolute Gasteiger partial charge is 0.317 e. The Kier molecular flexibility index (Phi) is 4.86. The number of nitrogens with one attached hydrogen (secondary N) is 1. The maximum absolute atomic E-state index is 3.58. The lowest BCUT2D eigenvalue weighted by Crippen LogP contribution is -2.46. The maximum Gasteiger partial charge on any atom is 0.0105 e. The Balaban J connectivity index is 1.91. The van der Waals surface area contributed by atoms with Gasteiger partial charge < -0.3 is 10.2 Å². The van der Waals surface area contributed by atoms with Gasteiger partial charge in [-0.25, -0.2) is 0 Å². The van der Waals surface area contributed by atoms with Crippen molar-refractivity contribution >= 4 is 0 Å². The molecule has 0 spiro atoms. The van der Waals surface area contributed by atoms with Crippen LogP contribution in [-0.2, 0) is 0 Å². The summed E-state index contributed by atoms with van der Waals surface area (Å²) in [6, 6.07) is 0.733. The highest BCUT2D eigenvalue weighted by Crippen LogP contribution is 2.40. The molecule has 1 heterocycles. The van der Waals surface area contributed by atoms with E-state index >= 15 is 0 Å². The summed E-state index contributed by atoms with van der Waals surface area (Å²) in [6.07, 6.45) is 5.50. The van der Waals surface area contributed by atoms with E-state index in [0.717, 1.165) is 17.9 Å². The van der Waals surface area contributed by atoms with E-state index in [0.29, 0.717) is 10.8 Å². The summed E-state index contributed by atoms with van der Waals surface area (Å²) in [5.41, 5.74) is 1.02. The highest BCUT2D eigenvalue weighted by atomic mass is 15.2. The van der Waals surface area contributed by atoms with Gasteiger partial charge in [0.2, 0.25) is 0 Å². The van der Waals surface area contributed by atoms with Crippen LogP contribution in [0.5, 0.6) is 0 Å². The summed E-state index contributed by atoms with van der Waals surface area (Å²) in [4.78, 5) is 2.74. The minimum absolute atomic E-state index is 0.475. The van der Waals surface area contributed by atoms with Crippen molar-refractivity contribution < 1.29 is 0 Å². The third-order valence-electron chi connectivity index (χ3n) is 5.88. The van der Waals surface area contributed by atoms with E-state index in [1.807, 2.05) is 0 Å². The van der Waals surface area contributed by atoms with E-state index in [1.54, 1.807) is 0 Å². The lowest BCUT2D eigenvalue weighted by Gasteiger charge is -2.42. The van der Waals surface area contributed by atoms with Crippen molar-refractivity contribution in [2.45, 2.75) is 66.3 Å². The fourth-order valence-corrected chi connectivity index (χ4v) is 4.34. The molecule has 20 heavy (non-hydrogen) atoms. The van der Waals surface area contributed by atoms with Crippen LogP contribution in [0, 0.1) is 22.7 Å². The molecule has 1 saturated carbocycles. The molecule has 2 fully saturated rings. The molecule has 0 amide bonds. The number of hydrogen-bond donors (Lipinski definition) is 1. The summed E-state index contributed by atoms with van der Waals surface area (Å²) in [7, 11) is 2.15.